The highest BCUT2D eigenvalue weighted by Gasteiger charge is 2.56. The second-order valence-electron chi connectivity index (χ2n) is 6.70. The Hall–Kier alpha value is -3.48. The van der Waals surface area contributed by atoms with Crippen molar-refractivity contribution < 1.29 is 19.4 Å². The predicted octanol–water partition coefficient (Wildman–Crippen LogP) is 3.31. The molecule has 27 heavy (non-hydrogen) atoms. The van der Waals surface area contributed by atoms with Gasteiger partial charge in [0.15, 0.2) is 17.3 Å². The molecule has 2 atom stereocenters. The van der Waals surface area contributed by atoms with Crippen LogP contribution in [0.2, 0.25) is 0 Å². The lowest BCUT2D eigenvalue weighted by atomic mass is 9.78. The van der Waals surface area contributed by atoms with Crippen molar-refractivity contribution in [3.05, 3.63) is 59.7 Å². The zero-order valence-corrected chi connectivity index (χ0v) is 14.5. The molecule has 0 saturated heterocycles. The fourth-order valence-electron chi connectivity index (χ4n) is 4.03. The fraction of sp³-hybridized carbons (Fsp3) is 0.200. The van der Waals surface area contributed by atoms with E-state index in [1.807, 2.05) is 42.5 Å². The van der Waals surface area contributed by atoms with Gasteiger partial charge in [-0.05, 0) is 6.07 Å². The van der Waals surface area contributed by atoms with Crippen LogP contribution in [0.5, 0.6) is 11.5 Å². The van der Waals surface area contributed by atoms with E-state index in [1.165, 1.54) is 0 Å². The van der Waals surface area contributed by atoms with Crippen molar-refractivity contribution in [1.29, 1.82) is 0 Å². The van der Waals surface area contributed by atoms with Crippen LogP contribution in [0.3, 0.4) is 0 Å². The van der Waals surface area contributed by atoms with Crippen molar-refractivity contribution in [3.63, 3.8) is 0 Å². The summed E-state index contributed by atoms with van der Waals surface area (Å²) >= 11 is 0. The van der Waals surface area contributed by atoms with Gasteiger partial charge in [-0.2, -0.15) is 5.10 Å². The highest BCUT2D eigenvalue weighted by Crippen LogP contribution is 2.55. The van der Waals surface area contributed by atoms with Gasteiger partial charge in [-0.15, -0.1) is 0 Å². The number of anilines is 1. The number of carbonyl (C=O) groups is 1. The molecule has 3 aromatic rings. The number of rotatable bonds is 3. The number of fused-ring (bicyclic) bond motifs is 6. The summed E-state index contributed by atoms with van der Waals surface area (Å²) in [4.78, 5) is 12.5. The van der Waals surface area contributed by atoms with Crippen LogP contribution in [0.15, 0.2) is 48.5 Å². The van der Waals surface area contributed by atoms with E-state index in [9.17, 15) is 9.90 Å². The largest absolute Gasteiger partial charge is 0.493 e. The van der Waals surface area contributed by atoms with Crippen molar-refractivity contribution in [1.82, 2.24) is 10.2 Å². The smallest absolute Gasteiger partial charge is 0.353 e. The number of aromatic nitrogens is 2. The number of carboxylic acid groups (broad SMARTS) is 1. The van der Waals surface area contributed by atoms with Gasteiger partial charge in [-0.3, -0.25) is 5.10 Å². The number of benzene rings is 2. The van der Waals surface area contributed by atoms with Crippen molar-refractivity contribution in [2.45, 2.75) is 18.1 Å². The molecule has 2 aliphatic rings. The van der Waals surface area contributed by atoms with E-state index in [0.717, 1.165) is 11.1 Å². The minimum atomic E-state index is -1.55. The van der Waals surface area contributed by atoms with E-state index in [-0.39, 0.29) is 12.5 Å². The van der Waals surface area contributed by atoms with E-state index >= 15 is 0 Å². The third-order valence-corrected chi connectivity index (χ3v) is 5.26. The maximum Gasteiger partial charge on any atom is 0.353 e. The number of nitrogens with zero attached hydrogens (tertiary/aromatic N) is 1. The maximum absolute atomic E-state index is 12.5. The Morgan fingerprint density at radius 3 is 2.81 bits per heavy atom. The average molecular weight is 363 g/mol. The van der Waals surface area contributed by atoms with E-state index < -0.39 is 11.6 Å². The molecule has 2 bridgehead atoms. The number of methoxy groups -OCH3 is 1. The van der Waals surface area contributed by atoms with Crippen molar-refractivity contribution in [2.75, 3.05) is 12.4 Å². The normalized spacial score (nSPS) is 22.0. The second-order valence-corrected chi connectivity index (χ2v) is 6.70. The lowest BCUT2D eigenvalue weighted by Crippen LogP contribution is -2.50. The van der Waals surface area contributed by atoms with Crippen LogP contribution >= 0.6 is 0 Å². The van der Waals surface area contributed by atoms with Gasteiger partial charge in [-0.25, -0.2) is 4.79 Å². The molecule has 0 amide bonds. The number of carboxylic acids is 1. The molecule has 7 heteroatoms. The molecule has 7 nitrogen and oxygen atoms in total. The highest BCUT2D eigenvalue weighted by molar-refractivity contribution is 5.89. The Bertz CT molecular complexity index is 1050. The van der Waals surface area contributed by atoms with Crippen molar-refractivity contribution >= 4 is 11.8 Å². The standard InChI is InChI=1S/C20H17N3O4/c1-26-14-9-5-8-12-13-10-20(19(24)25,27-17(12)14)15-16(22-23-18(15)21-13)11-6-3-2-4-7-11/h2-9,13H,10H2,1H3,(H,24,25)(H2,21,22,23)/t13-,20+/m1/s1. The van der Waals surface area contributed by atoms with Gasteiger partial charge >= 0.3 is 5.97 Å². The van der Waals surface area contributed by atoms with Gasteiger partial charge in [0.1, 0.15) is 0 Å². The number of ether oxygens (including phenoxy) is 2. The minimum absolute atomic E-state index is 0.237. The Morgan fingerprint density at radius 2 is 2.07 bits per heavy atom. The first-order chi connectivity index (χ1) is 13.1. The molecule has 0 spiro atoms. The first-order valence-corrected chi connectivity index (χ1v) is 8.64. The van der Waals surface area contributed by atoms with Crippen LogP contribution < -0.4 is 14.8 Å². The molecule has 1 aromatic heterocycles. The number of H-pyrrole nitrogens is 1. The molecule has 3 N–H and O–H groups in total. The monoisotopic (exact) mass is 363 g/mol. The SMILES string of the molecule is COc1cccc2c1O[C@@]1(C(=O)O)C[C@H]2Nc2n[nH]c(-c3ccccc3)c21. The number of nitrogens with one attached hydrogen (secondary N) is 2. The number of aliphatic carboxylic acids is 1. The molecule has 0 unspecified atom stereocenters. The third kappa shape index (κ3) is 2.08. The Labute approximate surface area is 154 Å². The Morgan fingerprint density at radius 1 is 1.26 bits per heavy atom. The summed E-state index contributed by atoms with van der Waals surface area (Å²) in [5.74, 6) is 0.418. The van der Waals surface area contributed by atoms with E-state index in [2.05, 4.69) is 15.5 Å². The summed E-state index contributed by atoms with van der Waals surface area (Å²) in [5, 5.41) is 20.9. The van der Waals surface area contributed by atoms with E-state index in [4.69, 9.17) is 9.47 Å². The molecule has 0 fully saturated rings. The molecule has 0 saturated carbocycles. The molecule has 0 radical (unpaired) electrons. The van der Waals surface area contributed by atoms with Gasteiger partial charge in [0.25, 0.3) is 0 Å². The Kier molecular flexibility index (Phi) is 3.21. The van der Waals surface area contributed by atoms with Crippen molar-refractivity contribution in [3.8, 4) is 22.8 Å². The molecule has 3 heterocycles. The molecule has 5 rings (SSSR count). The highest BCUT2D eigenvalue weighted by atomic mass is 16.6. The summed E-state index contributed by atoms with van der Waals surface area (Å²) in [6, 6.07) is 14.8. The average Bonchev–Trinajstić information content (AvgIpc) is 3.13. The van der Waals surface area contributed by atoms with Gasteiger partial charge < -0.3 is 19.9 Å². The lowest BCUT2D eigenvalue weighted by Gasteiger charge is -2.43. The van der Waals surface area contributed by atoms with Crippen LogP contribution in [-0.2, 0) is 10.4 Å². The predicted molar refractivity (Wildman–Crippen MR) is 97.9 cm³/mol. The maximum atomic E-state index is 12.5. The van der Waals surface area contributed by atoms with Gasteiger partial charge in [0.2, 0.25) is 5.60 Å². The van der Waals surface area contributed by atoms with Crippen LogP contribution in [-0.4, -0.2) is 28.4 Å². The third-order valence-electron chi connectivity index (χ3n) is 5.26. The number of hydrogen-bond donors (Lipinski definition) is 3. The summed E-state index contributed by atoms with van der Waals surface area (Å²) in [5.41, 5.74) is 1.31. The van der Waals surface area contributed by atoms with E-state index in [1.54, 1.807) is 13.2 Å². The summed E-state index contributed by atoms with van der Waals surface area (Å²) < 4.78 is 11.6. The zero-order chi connectivity index (χ0) is 18.6. The second kappa shape index (κ2) is 5.51. The number of aromatic amines is 1. The summed E-state index contributed by atoms with van der Waals surface area (Å²) in [6.45, 7) is 0. The minimum Gasteiger partial charge on any atom is -0.493 e. The van der Waals surface area contributed by atoms with Crippen LogP contribution in [0.4, 0.5) is 5.82 Å². The molecular formula is C20H17N3O4. The Balaban J connectivity index is 1.75. The summed E-state index contributed by atoms with van der Waals surface area (Å²) in [6.07, 6.45) is 0.259. The topological polar surface area (TPSA) is 96.5 Å². The lowest BCUT2D eigenvalue weighted by molar-refractivity contribution is -0.159. The quantitative estimate of drug-likeness (QED) is 0.661. The first-order valence-electron chi connectivity index (χ1n) is 8.64. The fourth-order valence-corrected chi connectivity index (χ4v) is 4.03. The summed E-state index contributed by atoms with van der Waals surface area (Å²) in [7, 11) is 1.54. The first kappa shape index (κ1) is 15.7. The van der Waals surface area contributed by atoms with Gasteiger partial charge in [0, 0.05) is 17.5 Å². The van der Waals surface area contributed by atoms with Crippen molar-refractivity contribution in [2.24, 2.45) is 0 Å². The molecule has 2 aromatic carbocycles. The van der Waals surface area contributed by atoms with Gasteiger partial charge in [-0.1, -0.05) is 42.5 Å². The molecule has 0 aliphatic carbocycles. The molecule has 136 valence electrons. The van der Waals surface area contributed by atoms with E-state index in [0.29, 0.717) is 28.6 Å². The number of hydrogen-bond acceptors (Lipinski definition) is 5. The number of para-hydroxylation sites is 1. The van der Waals surface area contributed by atoms with Crippen LogP contribution in [0, 0.1) is 0 Å². The van der Waals surface area contributed by atoms with Crippen LogP contribution in [0.25, 0.3) is 11.3 Å². The zero-order valence-electron chi connectivity index (χ0n) is 14.5. The molecule has 2 aliphatic heterocycles. The molecular weight excluding hydrogens is 346 g/mol. The van der Waals surface area contributed by atoms with Gasteiger partial charge in [0.05, 0.1) is 24.4 Å². The van der Waals surface area contributed by atoms with Crippen LogP contribution in [0.1, 0.15) is 23.6 Å².